The second-order valence-corrected chi connectivity index (χ2v) is 5.50. The van der Waals surface area contributed by atoms with E-state index in [2.05, 4.69) is 25.9 Å². The molecule has 0 spiro atoms. The van der Waals surface area contributed by atoms with Crippen molar-refractivity contribution < 1.29 is 4.39 Å². The summed E-state index contributed by atoms with van der Waals surface area (Å²) in [6.45, 7) is 0. The van der Waals surface area contributed by atoms with Gasteiger partial charge in [0.15, 0.2) is 0 Å². The lowest BCUT2D eigenvalue weighted by atomic mass is 9.85. The molecule has 0 N–H and O–H groups in total. The summed E-state index contributed by atoms with van der Waals surface area (Å²) < 4.78 is 13.8. The molecule has 0 aliphatic heterocycles. The SMILES string of the molecule is Fc1cc2nc(C3CCC3)nc(Cl)c2cc1Br. The predicted octanol–water partition coefficient (Wildman–Crippen LogP) is 4.45. The molecule has 3 rings (SSSR count). The van der Waals surface area contributed by atoms with E-state index in [-0.39, 0.29) is 5.82 Å². The average Bonchev–Trinajstić information content (AvgIpc) is 2.19. The number of benzene rings is 1. The topological polar surface area (TPSA) is 25.8 Å². The zero-order chi connectivity index (χ0) is 12.0. The van der Waals surface area contributed by atoms with Gasteiger partial charge < -0.3 is 0 Å². The van der Waals surface area contributed by atoms with E-state index in [0.29, 0.717) is 26.4 Å². The first-order valence-electron chi connectivity index (χ1n) is 5.47. The highest BCUT2D eigenvalue weighted by Gasteiger charge is 2.23. The zero-order valence-corrected chi connectivity index (χ0v) is 11.2. The van der Waals surface area contributed by atoms with E-state index < -0.39 is 0 Å². The van der Waals surface area contributed by atoms with Gasteiger partial charge in [-0.05, 0) is 34.8 Å². The Morgan fingerprint density at radius 1 is 1.29 bits per heavy atom. The largest absolute Gasteiger partial charge is 0.232 e. The van der Waals surface area contributed by atoms with Gasteiger partial charge in [0.1, 0.15) is 16.8 Å². The average molecular weight is 316 g/mol. The highest BCUT2D eigenvalue weighted by Crippen LogP contribution is 2.36. The van der Waals surface area contributed by atoms with E-state index in [4.69, 9.17) is 11.6 Å². The molecule has 5 heteroatoms. The number of rotatable bonds is 1. The molecule has 0 bridgehead atoms. The summed E-state index contributed by atoms with van der Waals surface area (Å²) in [5, 5.41) is 1.08. The molecule has 1 aliphatic rings. The Kier molecular flexibility index (Phi) is 2.79. The molecule has 88 valence electrons. The third-order valence-corrected chi connectivity index (χ3v) is 4.07. The van der Waals surface area contributed by atoms with E-state index in [0.717, 1.165) is 18.7 Å². The molecule has 0 radical (unpaired) electrons. The van der Waals surface area contributed by atoms with E-state index >= 15 is 0 Å². The molecule has 1 fully saturated rings. The van der Waals surface area contributed by atoms with Crippen LogP contribution < -0.4 is 0 Å². The number of halogens is 3. The minimum atomic E-state index is -0.327. The number of hydrogen-bond acceptors (Lipinski definition) is 2. The first-order chi connectivity index (χ1) is 8.15. The molecule has 2 aromatic rings. The Morgan fingerprint density at radius 3 is 2.71 bits per heavy atom. The van der Waals surface area contributed by atoms with E-state index in [1.807, 2.05) is 0 Å². The van der Waals surface area contributed by atoms with Crippen molar-refractivity contribution in [1.82, 2.24) is 9.97 Å². The lowest BCUT2D eigenvalue weighted by Gasteiger charge is -2.24. The highest BCUT2D eigenvalue weighted by molar-refractivity contribution is 9.10. The van der Waals surface area contributed by atoms with Crippen LogP contribution >= 0.6 is 27.5 Å². The molecule has 0 amide bonds. The molecule has 17 heavy (non-hydrogen) atoms. The molecular formula is C12H9BrClFN2. The van der Waals surface area contributed by atoms with E-state index in [9.17, 15) is 4.39 Å². The van der Waals surface area contributed by atoms with Crippen LogP contribution in [0.1, 0.15) is 31.0 Å². The van der Waals surface area contributed by atoms with Crippen molar-refractivity contribution in [3.05, 3.63) is 33.4 Å². The minimum absolute atomic E-state index is 0.327. The van der Waals surface area contributed by atoms with Crippen LogP contribution in [0, 0.1) is 5.82 Å². The number of nitrogens with zero attached hydrogens (tertiary/aromatic N) is 2. The number of fused-ring (bicyclic) bond motifs is 1. The molecule has 1 aromatic carbocycles. The summed E-state index contributed by atoms with van der Waals surface area (Å²) in [4.78, 5) is 8.71. The molecule has 1 aromatic heterocycles. The first-order valence-corrected chi connectivity index (χ1v) is 6.64. The number of hydrogen-bond donors (Lipinski definition) is 0. The second kappa shape index (κ2) is 4.18. The van der Waals surface area contributed by atoms with Crippen LogP contribution in [0.25, 0.3) is 10.9 Å². The molecule has 2 nitrogen and oxygen atoms in total. The summed E-state index contributed by atoms with van der Waals surface area (Å²) in [5.41, 5.74) is 0.576. The molecule has 1 saturated carbocycles. The molecular weight excluding hydrogens is 307 g/mol. The van der Waals surface area contributed by atoms with Gasteiger partial charge in [-0.15, -0.1) is 0 Å². The third-order valence-electron chi connectivity index (χ3n) is 3.18. The van der Waals surface area contributed by atoms with Crippen molar-refractivity contribution in [3.63, 3.8) is 0 Å². The van der Waals surface area contributed by atoms with E-state index in [1.165, 1.54) is 12.5 Å². The third kappa shape index (κ3) is 1.93. The Hall–Kier alpha value is -0.740. The lowest BCUT2D eigenvalue weighted by molar-refractivity contribution is 0.402. The monoisotopic (exact) mass is 314 g/mol. The van der Waals surface area contributed by atoms with Gasteiger partial charge in [-0.2, -0.15) is 0 Å². The van der Waals surface area contributed by atoms with Crippen molar-refractivity contribution in [1.29, 1.82) is 0 Å². The molecule has 1 aliphatic carbocycles. The van der Waals surface area contributed by atoms with Crippen LogP contribution in [-0.2, 0) is 0 Å². The van der Waals surface area contributed by atoms with Crippen molar-refractivity contribution in [3.8, 4) is 0 Å². The van der Waals surface area contributed by atoms with Crippen molar-refractivity contribution in [2.75, 3.05) is 0 Å². The lowest BCUT2D eigenvalue weighted by Crippen LogP contribution is -2.12. The van der Waals surface area contributed by atoms with E-state index in [1.54, 1.807) is 6.07 Å². The number of aromatic nitrogens is 2. The van der Waals surface area contributed by atoms with Crippen LogP contribution in [-0.4, -0.2) is 9.97 Å². The van der Waals surface area contributed by atoms with Gasteiger partial charge in [0.25, 0.3) is 0 Å². The maximum atomic E-state index is 13.5. The summed E-state index contributed by atoms with van der Waals surface area (Å²) in [5.74, 6) is 0.811. The predicted molar refractivity (Wildman–Crippen MR) is 68.8 cm³/mol. The van der Waals surface area contributed by atoms with Gasteiger partial charge in [0, 0.05) is 17.4 Å². The standard InChI is InChI=1S/C12H9BrClFN2/c13-8-4-7-10(5-9(8)15)16-12(17-11(7)14)6-2-1-3-6/h4-6H,1-3H2. The Balaban J connectivity index is 2.20. The second-order valence-electron chi connectivity index (χ2n) is 4.28. The van der Waals surface area contributed by atoms with Gasteiger partial charge in [-0.25, -0.2) is 14.4 Å². The minimum Gasteiger partial charge on any atom is -0.232 e. The molecule has 1 heterocycles. The molecule has 0 unspecified atom stereocenters. The van der Waals surface area contributed by atoms with Crippen LogP contribution in [0.2, 0.25) is 5.15 Å². The zero-order valence-electron chi connectivity index (χ0n) is 8.88. The van der Waals surface area contributed by atoms with Gasteiger partial charge in [0.05, 0.1) is 9.99 Å². The molecule has 0 atom stereocenters. The van der Waals surface area contributed by atoms with Gasteiger partial charge in [0.2, 0.25) is 0 Å². The van der Waals surface area contributed by atoms with Crippen LogP contribution in [0.5, 0.6) is 0 Å². The van der Waals surface area contributed by atoms with Gasteiger partial charge in [-0.1, -0.05) is 18.0 Å². The fraction of sp³-hybridized carbons (Fsp3) is 0.333. The maximum absolute atomic E-state index is 13.5. The van der Waals surface area contributed by atoms with Gasteiger partial charge >= 0.3 is 0 Å². The van der Waals surface area contributed by atoms with Crippen LogP contribution in [0.3, 0.4) is 0 Å². The fourth-order valence-electron chi connectivity index (χ4n) is 1.95. The van der Waals surface area contributed by atoms with Crippen LogP contribution in [0.4, 0.5) is 4.39 Å². The van der Waals surface area contributed by atoms with Crippen molar-refractivity contribution in [2.24, 2.45) is 0 Å². The quantitative estimate of drug-likeness (QED) is 0.726. The summed E-state index contributed by atoms with van der Waals surface area (Å²) in [6, 6.07) is 3.02. The van der Waals surface area contributed by atoms with Crippen molar-refractivity contribution >= 4 is 38.4 Å². The van der Waals surface area contributed by atoms with Crippen LogP contribution in [0.15, 0.2) is 16.6 Å². The Morgan fingerprint density at radius 2 is 2.06 bits per heavy atom. The molecule has 0 saturated heterocycles. The Labute approximate surface area is 111 Å². The highest BCUT2D eigenvalue weighted by atomic mass is 79.9. The summed E-state index contributed by atoms with van der Waals surface area (Å²) in [7, 11) is 0. The smallest absolute Gasteiger partial charge is 0.140 e. The maximum Gasteiger partial charge on any atom is 0.140 e. The normalized spacial score (nSPS) is 16.2. The van der Waals surface area contributed by atoms with Crippen molar-refractivity contribution in [2.45, 2.75) is 25.2 Å². The van der Waals surface area contributed by atoms with Gasteiger partial charge in [-0.3, -0.25) is 0 Å². The Bertz CT molecular complexity index is 599. The summed E-state index contributed by atoms with van der Waals surface area (Å²) in [6.07, 6.45) is 3.40. The first kappa shape index (κ1) is 11.4. The fourth-order valence-corrected chi connectivity index (χ4v) is 2.53. The summed E-state index contributed by atoms with van der Waals surface area (Å²) >= 11 is 9.25.